The number of rotatable bonds is 3. The lowest BCUT2D eigenvalue weighted by Crippen LogP contribution is -2.14. The van der Waals surface area contributed by atoms with Crippen LogP contribution in [0.5, 0.6) is 5.75 Å². The van der Waals surface area contributed by atoms with Crippen molar-refractivity contribution in [2.75, 3.05) is 13.2 Å². The zero-order chi connectivity index (χ0) is 18.1. The Balaban J connectivity index is 1.90. The molecule has 1 aliphatic rings. The van der Waals surface area contributed by atoms with Crippen molar-refractivity contribution in [1.82, 2.24) is 0 Å². The second-order valence-corrected chi connectivity index (χ2v) is 4.99. The summed E-state index contributed by atoms with van der Waals surface area (Å²) in [5.41, 5.74) is 0.255. The molecule has 25 heavy (non-hydrogen) atoms. The van der Waals surface area contributed by atoms with Crippen molar-refractivity contribution >= 4 is 5.97 Å². The van der Waals surface area contributed by atoms with Crippen LogP contribution in [0.15, 0.2) is 24.3 Å². The van der Waals surface area contributed by atoms with Crippen LogP contribution < -0.4 is 4.74 Å². The van der Waals surface area contributed by atoms with Gasteiger partial charge < -0.3 is 14.2 Å². The third-order valence-corrected chi connectivity index (χ3v) is 3.38. The van der Waals surface area contributed by atoms with Crippen LogP contribution in [0, 0.1) is 29.1 Å². The minimum absolute atomic E-state index is 0.180. The van der Waals surface area contributed by atoms with Gasteiger partial charge in [0.2, 0.25) is 34.8 Å². The lowest BCUT2D eigenvalue weighted by Gasteiger charge is -2.11. The number of carbonyl (C=O) groups is 1. The smallest absolute Gasteiger partial charge is 0.343 e. The van der Waals surface area contributed by atoms with Gasteiger partial charge in [-0.2, -0.15) is 8.78 Å². The lowest BCUT2D eigenvalue weighted by atomic mass is 10.1. The molecule has 0 unspecified atom stereocenters. The Kier molecular flexibility index (Phi) is 4.69. The van der Waals surface area contributed by atoms with Crippen molar-refractivity contribution in [3.8, 4) is 5.75 Å². The van der Waals surface area contributed by atoms with Gasteiger partial charge in [-0.05, 0) is 12.1 Å². The Labute approximate surface area is 137 Å². The van der Waals surface area contributed by atoms with Gasteiger partial charge in [-0.3, -0.25) is 0 Å². The summed E-state index contributed by atoms with van der Waals surface area (Å²) in [6.07, 6.45) is -0.720. The summed E-state index contributed by atoms with van der Waals surface area (Å²) >= 11 is 0. The average Bonchev–Trinajstić information content (AvgIpc) is 3.16. The van der Waals surface area contributed by atoms with Gasteiger partial charge in [0.1, 0.15) is 0 Å². The molecule has 0 bridgehead atoms. The Morgan fingerprint density at radius 2 is 1.48 bits per heavy atom. The Bertz CT molecular complexity index is 805. The Morgan fingerprint density at radius 3 is 2.08 bits per heavy atom. The summed E-state index contributed by atoms with van der Waals surface area (Å²) in [6, 6.07) is 5.51. The Morgan fingerprint density at radius 1 is 0.920 bits per heavy atom. The minimum atomic E-state index is -2.34. The van der Waals surface area contributed by atoms with Gasteiger partial charge in [0.25, 0.3) is 0 Å². The molecule has 3 rings (SSSR count). The van der Waals surface area contributed by atoms with Crippen LogP contribution >= 0.6 is 0 Å². The van der Waals surface area contributed by atoms with Crippen molar-refractivity contribution in [3.63, 3.8) is 0 Å². The normalized spacial score (nSPS) is 14.8. The number of hydrogen-bond acceptors (Lipinski definition) is 4. The molecule has 0 spiro atoms. The molecular weight excluding hydrogens is 351 g/mol. The summed E-state index contributed by atoms with van der Waals surface area (Å²) in [4.78, 5) is 12.0. The van der Waals surface area contributed by atoms with E-state index in [9.17, 15) is 26.7 Å². The molecule has 0 N–H and O–H groups in total. The summed E-state index contributed by atoms with van der Waals surface area (Å²) in [6.45, 7) is 0.702. The zero-order valence-corrected chi connectivity index (χ0v) is 12.3. The van der Waals surface area contributed by atoms with Gasteiger partial charge in [-0.1, -0.05) is 12.1 Å². The maximum Gasteiger partial charge on any atom is 0.343 e. The molecule has 0 radical (unpaired) electrons. The maximum atomic E-state index is 13.6. The molecule has 1 fully saturated rings. The second-order valence-electron chi connectivity index (χ2n) is 4.99. The molecule has 4 nitrogen and oxygen atoms in total. The largest absolute Gasteiger partial charge is 0.416 e. The van der Waals surface area contributed by atoms with E-state index in [2.05, 4.69) is 4.74 Å². The second kappa shape index (κ2) is 6.77. The Hall–Kier alpha value is -2.52. The van der Waals surface area contributed by atoms with Crippen molar-refractivity contribution in [3.05, 3.63) is 64.5 Å². The fourth-order valence-electron chi connectivity index (χ4n) is 2.19. The van der Waals surface area contributed by atoms with E-state index in [-0.39, 0.29) is 5.56 Å². The van der Waals surface area contributed by atoms with E-state index in [4.69, 9.17) is 9.47 Å². The van der Waals surface area contributed by atoms with Gasteiger partial charge in [0.15, 0.2) is 6.29 Å². The molecule has 0 atom stereocenters. The van der Waals surface area contributed by atoms with Crippen LogP contribution in [0.1, 0.15) is 22.2 Å². The molecule has 2 aromatic carbocycles. The molecule has 2 aromatic rings. The molecule has 0 aromatic heterocycles. The van der Waals surface area contributed by atoms with Crippen LogP contribution in [-0.2, 0) is 9.47 Å². The number of esters is 1. The van der Waals surface area contributed by atoms with Crippen molar-refractivity contribution in [2.24, 2.45) is 0 Å². The molecule has 0 aliphatic carbocycles. The molecule has 132 valence electrons. The third-order valence-electron chi connectivity index (χ3n) is 3.38. The van der Waals surface area contributed by atoms with Gasteiger partial charge in [0, 0.05) is 5.56 Å². The number of carbonyl (C=O) groups excluding carboxylic acids is 1. The highest BCUT2D eigenvalue weighted by molar-refractivity contribution is 5.91. The first-order valence-electron chi connectivity index (χ1n) is 6.97. The van der Waals surface area contributed by atoms with Gasteiger partial charge in [-0.15, -0.1) is 0 Å². The predicted molar refractivity (Wildman–Crippen MR) is 72.3 cm³/mol. The fraction of sp³-hybridized carbons (Fsp3) is 0.188. The van der Waals surface area contributed by atoms with Gasteiger partial charge in [0.05, 0.1) is 18.8 Å². The van der Waals surface area contributed by atoms with Gasteiger partial charge in [-0.25, -0.2) is 18.0 Å². The van der Waals surface area contributed by atoms with Crippen LogP contribution in [0.25, 0.3) is 0 Å². The monoisotopic (exact) mass is 360 g/mol. The van der Waals surface area contributed by atoms with E-state index in [1.54, 1.807) is 6.07 Å². The minimum Gasteiger partial charge on any atom is -0.416 e. The van der Waals surface area contributed by atoms with E-state index in [0.29, 0.717) is 18.8 Å². The van der Waals surface area contributed by atoms with Crippen molar-refractivity contribution in [1.29, 1.82) is 0 Å². The topological polar surface area (TPSA) is 44.8 Å². The van der Waals surface area contributed by atoms with Crippen molar-refractivity contribution in [2.45, 2.75) is 6.29 Å². The number of hydrogen-bond donors (Lipinski definition) is 0. The zero-order valence-electron chi connectivity index (χ0n) is 12.3. The lowest BCUT2D eigenvalue weighted by molar-refractivity contribution is -0.0441. The standard InChI is InChI=1S/C16H9F5O4/c17-9-10(18)12(20)14(13(21)11(9)19)25-15(22)7-2-1-3-8(6-7)16-23-4-5-24-16/h1-3,6,16H,4-5H2. The van der Waals surface area contributed by atoms with E-state index in [1.807, 2.05) is 0 Å². The quantitative estimate of drug-likeness (QED) is 0.276. The third kappa shape index (κ3) is 3.20. The highest BCUT2D eigenvalue weighted by Gasteiger charge is 2.29. The van der Waals surface area contributed by atoms with Crippen LogP contribution in [0.4, 0.5) is 22.0 Å². The van der Waals surface area contributed by atoms with Crippen molar-refractivity contribution < 1.29 is 41.0 Å². The molecule has 0 saturated carbocycles. The molecule has 1 heterocycles. The van der Waals surface area contributed by atoms with E-state index in [0.717, 1.165) is 0 Å². The highest BCUT2D eigenvalue weighted by atomic mass is 19.2. The first-order valence-corrected chi connectivity index (χ1v) is 6.97. The fourth-order valence-corrected chi connectivity index (χ4v) is 2.19. The summed E-state index contributed by atoms with van der Waals surface area (Å²) in [7, 11) is 0. The first kappa shape index (κ1) is 17.3. The van der Waals surface area contributed by atoms with E-state index < -0.39 is 47.1 Å². The molecule has 1 aliphatic heterocycles. The van der Waals surface area contributed by atoms with E-state index >= 15 is 0 Å². The van der Waals surface area contributed by atoms with E-state index in [1.165, 1.54) is 18.2 Å². The summed E-state index contributed by atoms with van der Waals surface area (Å²) in [5.74, 6) is -14.2. The SMILES string of the molecule is O=C(Oc1c(F)c(F)c(F)c(F)c1F)c1cccc(C2OCCO2)c1. The van der Waals surface area contributed by atoms with Gasteiger partial charge >= 0.3 is 5.97 Å². The molecule has 0 amide bonds. The first-order chi connectivity index (χ1) is 11.9. The average molecular weight is 360 g/mol. The van der Waals surface area contributed by atoms with Crippen LogP contribution in [-0.4, -0.2) is 19.2 Å². The number of benzene rings is 2. The molecular formula is C16H9F5O4. The summed E-state index contributed by atoms with van der Waals surface area (Å²) < 4.78 is 81.3. The molecule has 1 saturated heterocycles. The number of ether oxygens (including phenoxy) is 3. The van der Waals surface area contributed by atoms with Crippen LogP contribution in [0.3, 0.4) is 0 Å². The molecule has 9 heteroatoms. The maximum absolute atomic E-state index is 13.6. The predicted octanol–water partition coefficient (Wildman–Crippen LogP) is 3.65. The highest BCUT2D eigenvalue weighted by Crippen LogP contribution is 2.30. The summed E-state index contributed by atoms with van der Waals surface area (Å²) in [5, 5.41) is 0. The number of halogens is 5. The van der Waals surface area contributed by atoms with Crippen LogP contribution in [0.2, 0.25) is 0 Å².